The quantitative estimate of drug-likeness (QED) is 0.248. The molecule has 36 heavy (non-hydrogen) atoms. The predicted molar refractivity (Wildman–Crippen MR) is 151 cm³/mol. The Kier molecular flexibility index (Phi) is 4.69. The summed E-state index contributed by atoms with van der Waals surface area (Å²) >= 11 is 0. The Morgan fingerprint density at radius 3 is 1.78 bits per heavy atom. The molecule has 0 saturated heterocycles. The largest absolute Gasteiger partial charge is 0.0713 e. The van der Waals surface area contributed by atoms with Gasteiger partial charge in [0.05, 0.1) is 5.41 Å². The Hall–Kier alpha value is -4.42. The van der Waals surface area contributed by atoms with Crippen LogP contribution in [-0.4, -0.2) is 0 Å². The van der Waals surface area contributed by atoms with Crippen molar-refractivity contribution in [2.75, 3.05) is 0 Å². The number of hydrogen-bond donors (Lipinski definition) is 0. The molecule has 0 amide bonds. The van der Waals surface area contributed by atoms with Gasteiger partial charge in [0, 0.05) is 0 Å². The van der Waals surface area contributed by atoms with Gasteiger partial charge in [-0.05, 0) is 67.8 Å². The van der Waals surface area contributed by atoms with E-state index in [9.17, 15) is 0 Å². The first kappa shape index (κ1) is 20.9. The van der Waals surface area contributed by atoms with Crippen LogP contribution in [0.4, 0.5) is 0 Å². The molecular formula is C36H26. The molecule has 0 saturated carbocycles. The summed E-state index contributed by atoms with van der Waals surface area (Å²) in [5, 5.41) is 2.58. The van der Waals surface area contributed by atoms with Crippen LogP contribution < -0.4 is 0 Å². The van der Waals surface area contributed by atoms with Crippen LogP contribution in [0, 0.1) is 6.92 Å². The fraction of sp³-hybridized carbons (Fsp3) is 0.0556. The van der Waals surface area contributed by atoms with Gasteiger partial charge in [0.15, 0.2) is 0 Å². The van der Waals surface area contributed by atoms with Crippen molar-refractivity contribution in [3.63, 3.8) is 0 Å². The van der Waals surface area contributed by atoms with Gasteiger partial charge in [0.25, 0.3) is 0 Å². The molecule has 0 fully saturated rings. The summed E-state index contributed by atoms with van der Waals surface area (Å²) in [5.74, 6) is 0. The van der Waals surface area contributed by atoms with Crippen LogP contribution in [0.2, 0.25) is 0 Å². The fourth-order valence-corrected chi connectivity index (χ4v) is 6.40. The van der Waals surface area contributed by atoms with Gasteiger partial charge < -0.3 is 0 Å². The molecule has 0 aromatic heterocycles. The van der Waals surface area contributed by atoms with Crippen LogP contribution in [0.1, 0.15) is 27.8 Å². The lowest BCUT2D eigenvalue weighted by Gasteiger charge is -2.34. The third-order valence-electron chi connectivity index (χ3n) is 7.78. The van der Waals surface area contributed by atoms with E-state index in [-0.39, 0.29) is 5.41 Å². The van der Waals surface area contributed by atoms with Crippen LogP contribution in [0.5, 0.6) is 0 Å². The monoisotopic (exact) mass is 458 g/mol. The van der Waals surface area contributed by atoms with Crippen molar-refractivity contribution in [2.45, 2.75) is 12.3 Å². The van der Waals surface area contributed by atoms with Gasteiger partial charge in [-0.1, -0.05) is 140 Å². The third-order valence-corrected chi connectivity index (χ3v) is 7.78. The zero-order chi connectivity index (χ0) is 24.1. The molecule has 7 rings (SSSR count). The zero-order valence-electron chi connectivity index (χ0n) is 20.3. The van der Waals surface area contributed by atoms with Gasteiger partial charge >= 0.3 is 0 Å². The van der Waals surface area contributed by atoms with E-state index >= 15 is 0 Å². The minimum absolute atomic E-state index is 0.371. The van der Waals surface area contributed by atoms with Crippen molar-refractivity contribution >= 4 is 10.8 Å². The molecule has 6 aromatic carbocycles. The van der Waals surface area contributed by atoms with Crippen LogP contribution in [-0.2, 0) is 5.41 Å². The Balaban J connectivity index is 1.65. The molecule has 0 atom stereocenters. The van der Waals surface area contributed by atoms with Crippen molar-refractivity contribution < 1.29 is 0 Å². The van der Waals surface area contributed by atoms with E-state index in [2.05, 4.69) is 146 Å². The standard InChI is InChI=1S/C36H26/c1-25-23-26-13-8-9-18-29(26)32(24-25)30-20-12-22-34-35(30)31-19-10-11-21-33(31)36(34,27-14-4-2-5-15-27)28-16-6-3-7-17-28/h2-24H,1H3. The first-order valence-electron chi connectivity index (χ1n) is 12.6. The topological polar surface area (TPSA) is 0 Å². The highest BCUT2D eigenvalue weighted by molar-refractivity contribution is 6.04. The Bertz CT molecular complexity index is 1690. The molecule has 0 radical (unpaired) electrons. The second-order valence-electron chi connectivity index (χ2n) is 9.79. The maximum atomic E-state index is 2.35. The SMILES string of the molecule is Cc1cc(-c2cccc3c2-c2ccccc2C3(c2ccccc2)c2ccccc2)c2ccccc2c1. The van der Waals surface area contributed by atoms with Crippen molar-refractivity contribution in [2.24, 2.45) is 0 Å². The maximum absolute atomic E-state index is 2.35. The van der Waals surface area contributed by atoms with E-state index in [0.717, 1.165) is 0 Å². The number of hydrogen-bond acceptors (Lipinski definition) is 0. The van der Waals surface area contributed by atoms with E-state index in [0.29, 0.717) is 0 Å². The minimum atomic E-state index is -0.371. The van der Waals surface area contributed by atoms with Crippen LogP contribution in [0.15, 0.2) is 140 Å². The molecular weight excluding hydrogens is 432 g/mol. The summed E-state index contributed by atoms with van der Waals surface area (Å²) in [6.45, 7) is 2.20. The lowest BCUT2D eigenvalue weighted by molar-refractivity contribution is 0.768. The van der Waals surface area contributed by atoms with E-state index < -0.39 is 0 Å². The lowest BCUT2D eigenvalue weighted by atomic mass is 9.67. The molecule has 0 heterocycles. The van der Waals surface area contributed by atoms with Gasteiger partial charge in [0.1, 0.15) is 0 Å². The predicted octanol–water partition coefficient (Wildman–Crippen LogP) is 9.18. The zero-order valence-corrected chi connectivity index (χ0v) is 20.3. The first-order chi connectivity index (χ1) is 17.8. The molecule has 6 aromatic rings. The number of benzene rings is 6. The van der Waals surface area contributed by atoms with Crippen molar-refractivity contribution in [1.82, 2.24) is 0 Å². The molecule has 0 spiro atoms. The van der Waals surface area contributed by atoms with E-state index in [4.69, 9.17) is 0 Å². The highest BCUT2D eigenvalue weighted by Crippen LogP contribution is 2.58. The van der Waals surface area contributed by atoms with Crippen LogP contribution >= 0.6 is 0 Å². The Labute approximate surface area is 212 Å². The second kappa shape index (κ2) is 8.07. The van der Waals surface area contributed by atoms with Crippen molar-refractivity contribution in [1.29, 1.82) is 0 Å². The normalized spacial score (nSPS) is 13.4. The van der Waals surface area contributed by atoms with Gasteiger partial charge in [-0.15, -0.1) is 0 Å². The van der Waals surface area contributed by atoms with E-state index in [1.165, 1.54) is 60.8 Å². The van der Waals surface area contributed by atoms with Crippen LogP contribution in [0.25, 0.3) is 33.0 Å². The summed E-state index contributed by atoms with van der Waals surface area (Å²) in [6, 6.07) is 51.3. The van der Waals surface area contributed by atoms with E-state index in [1.54, 1.807) is 0 Å². The van der Waals surface area contributed by atoms with Crippen LogP contribution in [0.3, 0.4) is 0 Å². The molecule has 170 valence electrons. The minimum Gasteiger partial charge on any atom is -0.0622 e. The Morgan fingerprint density at radius 2 is 1.03 bits per heavy atom. The fourth-order valence-electron chi connectivity index (χ4n) is 6.40. The molecule has 0 aliphatic heterocycles. The first-order valence-corrected chi connectivity index (χ1v) is 12.6. The molecule has 0 N–H and O–H groups in total. The molecule has 1 aliphatic rings. The smallest absolute Gasteiger partial charge is 0.0622 e. The van der Waals surface area contributed by atoms with Gasteiger partial charge in [-0.25, -0.2) is 0 Å². The molecule has 0 heteroatoms. The second-order valence-corrected chi connectivity index (χ2v) is 9.79. The average molecular weight is 459 g/mol. The Morgan fingerprint density at radius 1 is 0.444 bits per heavy atom. The van der Waals surface area contributed by atoms with Gasteiger partial charge in [-0.2, -0.15) is 0 Å². The van der Waals surface area contributed by atoms with E-state index in [1.807, 2.05) is 0 Å². The molecule has 0 unspecified atom stereocenters. The maximum Gasteiger partial charge on any atom is 0.0713 e. The average Bonchev–Trinajstić information content (AvgIpc) is 3.25. The number of rotatable bonds is 3. The summed E-state index contributed by atoms with van der Waals surface area (Å²) in [6.07, 6.45) is 0. The summed E-state index contributed by atoms with van der Waals surface area (Å²) in [7, 11) is 0. The molecule has 1 aliphatic carbocycles. The third kappa shape index (κ3) is 2.88. The summed E-state index contributed by atoms with van der Waals surface area (Å²) in [4.78, 5) is 0. The highest BCUT2D eigenvalue weighted by atomic mass is 14.5. The number of aryl methyl sites for hydroxylation is 1. The number of fused-ring (bicyclic) bond motifs is 4. The van der Waals surface area contributed by atoms with Gasteiger partial charge in [-0.3, -0.25) is 0 Å². The summed E-state index contributed by atoms with van der Waals surface area (Å²) < 4.78 is 0. The van der Waals surface area contributed by atoms with Crippen molar-refractivity contribution in [3.8, 4) is 22.3 Å². The highest BCUT2D eigenvalue weighted by Gasteiger charge is 2.46. The summed E-state index contributed by atoms with van der Waals surface area (Å²) in [5.41, 5.74) is 11.5. The molecule has 0 bridgehead atoms. The van der Waals surface area contributed by atoms with Crippen molar-refractivity contribution in [3.05, 3.63) is 167 Å². The van der Waals surface area contributed by atoms with Gasteiger partial charge in [0.2, 0.25) is 0 Å². The lowest BCUT2D eigenvalue weighted by Crippen LogP contribution is -2.28. The molecule has 0 nitrogen and oxygen atoms in total.